The highest BCUT2D eigenvalue weighted by Crippen LogP contribution is 2.32. The van der Waals surface area contributed by atoms with Crippen molar-refractivity contribution in [2.75, 3.05) is 48.8 Å². The molecule has 1 aliphatic rings. The minimum Gasteiger partial charge on any atom is -0.367 e. The molecule has 0 unspecified atom stereocenters. The fraction of sp³-hybridized carbons (Fsp3) is 0.179. The normalized spacial score (nSPS) is 14.0. The number of piperazine rings is 1. The number of fused-ring (bicyclic) bond motifs is 1. The zero-order chi connectivity index (χ0) is 25.1. The molecule has 1 fully saturated rings. The van der Waals surface area contributed by atoms with Crippen molar-refractivity contribution in [3.05, 3.63) is 84.5 Å². The quantitative estimate of drug-likeness (QED) is 0.338. The number of hydrogen-bond donors (Lipinski definition) is 2. The molecule has 0 atom stereocenters. The van der Waals surface area contributed by atoms with Crippen LogP contribution in [0.5, 0.6) is 0 Å². The van der Waals surface area contributed by atoms with Gasteiger partial charge in [0, 0.05) is 54.0 Å². The van der Waals surface area contributed by atoms with Crippen molar-refractivity contribution in [2.45, 2.75) is 0 Å². The summed E-state index contributed by atoms with van der Waals surface area (Å²) in [6.07, 6.45) is 3.08. The summed E-state index contributed by atoms with van der Waals surface area (Å²) in [5, 5.41) is 7.86. The molecule has 2 heterocycles. The molecule has 0 radical (unpaired) electrons. The number of anilines is 4. The highest BCUT2D eigenvalue weighted by atomic mass is 35.5. The Kier molecular flexibility index (Phi) is 6.84. The summed E-state index contributed by atoms with van der Waals surface area (Å²) >= 11 is 6.23. The maximum atomic E-state index is 12.2. The van der Waals surface area contributed by atoms with Gasteiger partial charge >= 0.3 is 0 Å². The average Bonchev–Trinajstić information content (AvgIpc) is 2.89. The molecule has 182 valence electrons. The molecule has 4 aromatic rings. The van der Waals surface area contributed by atoms with Crippen LogP contribution in [-0.2, 0) is 4.79 Å². The lowest BCUT2D eigenvalue weighted by molar-refractivity contribution is -0.111. The summed E-state index contributed by atoms with van der Waals surface area (Å²) in [6.45, 7) is 7.30. The summed E-state index contributed by atoms with van der Waals surface area (Å²) in [6, 6.07) is 19.6. The van der Waals surface area contributed by atoms with Crippen LogP contribution in [0.4, 0.5) is 23.0 Å². The number of halogens is 1. The largest absolute Gasteiger partial charge is 0.367 e. The first-order valence-corrected chi connectivity index (χ1v) is 12.2. The minimum atomic E-state index is -0.254. The summed E-state index contributed by atoms with van der Waals surface area (Å²) in [7, 11) is 2.12. The van der Waals surface area contributed by atoms with Crippen molar-refractivity contribution < 1.29 is 4.79 Å². The summed E-state index contributed by atoms with van der Waals surface area (Å²) in [4.78, 5) is 26.1. The third kappa shape index (κ3) is 5.17. The molecular formula is C28H27ClN6O. The topological polar surface area (TPSA) is 73.4 Å². The molecule has 1 aromatic heterocycles. The second-order valence-corrected chi connectivity index (χ2v) is 9.22. The van der Waals surface area contributed by atoms with Gasteiger partial charge in [-0.1, -0.05) is 48.5 Å². The maximum absolute atomic E-state index is 12.2. The molecule has 36 heavy (non-hydrogen) atoms. The number of carbonyl (C=O) groups excluding carboxylic acids is 1. The number of nitrogens with zero attached hydrogens (tertiary/aromatic N) is 4. The van der Waals surface area contributed by atoms with E-state index in [1.54, 1.807) is 6.20 Å². The van der Waals surface area contributed by atoms with Gasteiger partial charge in [0.05, 0.1) is 16.9 Å². The fourth-order valence-corrected chi connectivity index (χ4v) is 4.55. The Morgan fingerprint density at radius 1 is 1.06 bits per heavy atom. The molecule has 8 heteroatoms. The van der Waals surface area contributed by atoms with E-state index in [4.69, 9.17) is 16.6 Å². The number of amides is 1. The zero-order valence-corrected chi connectivity index (χ0v) is 20.8. The molecule has 7 nitrogen and oxygen atoms in total. The molecule has 1 saturated heterocycles. The first-order chi connectivity index (χ1) is 17.5. The molecule has 0 aliphatic carbocycles. The predicted molar refractivity (Wildman–Crippen MR) is 148 cm³/mol. The van der Waals surface area contributed by atoms with E-state index in [1.807, 2.05) is 60.7 Å². The van der Waals surface area contributed by atoms with E-state index >= 15 is 0 Å². The van der Waals surface area contributed by atoms with Crippen LogP contribution in [0.2, 0.25) is 5.02 Å². The van der Waals surface area contributed by atoms with Crippen LogP contribution < -0.4 is 15.5 Å². The van der Waals surface area contributed by atoms with Crippen molar-refractivity contribution in [3.8, 4) is 11.1 Å². The van der Waals surface area contributed by atoms with Crippen molar-refractivity contribution in [2.24, 2.45) is 0 Å². The molecule has 2 N–H and O–H groups in total. The van der Waals surface area contributed by atoms with Gasteiger partial charge in [0.25, 0.3) is 0 Å². The average molecular weight is 499 g/mol. The number of rotatable bonds is 6. The second kappa shape index (κ2) is 10.4. The van der Waals surface area contributed by atoms with Gasteiger partial charge in [-0.25, -0.2) is 9.97 Å². The minimum absolute atomic E-state index is 0.254. The maximum Gasteiger partial charge on any atom is 0.247 e. The van der Waals surface area contributed by atoms with Crippen molar-refractivity contribution in [1.29, 1.82) is 0 Å². The molecule has 0 saturated carbocycles. The lowest BCUT2D eigenvalue weighted by Crippen LogP contribution is -2.44. The number of benzene rings is 3. The third-order valence-corrected chi connectivity index (χ3v) is 6.52. The molecule has 5 rings (SSSR count). The van der Waals surface area contributed by atoms with E-state index in [2.05, 4.69) is 39.0 Å². The van der Waals surface area contributed by atoms with E-state index < -0.39 is 0 Å². The standard InChI is InChI=1S/C28H27ClN6O/c1-3-26(36)32-24-17-22(10-11-25(24)35-14-12-34(2)13-15-35)31-28-30-18-20-7-5-9-23(27(20)33-28)19-6-4-8-21(29)16-19/h3-11,16-18H,1,12-15H2,2H3,(H,32,36)(H,30,31,33). The Morgan fingerprint density at radius 3 is 2.64 bits per heavy atom. The summed E-state index contributed by atoms with van der Waals surface area (Å²) in [5.74, 6) is 0.209. The van der Waals surface area contributed by atoms with Crippen molar-refractivity contribution >= 4 is 51.4 Å². The number of aromatic nitrogens is 2. The first-order valence-electron chi connectivity index (χ1n) is 11.8. The van der Waals surface area contributed by atoms with Gasteiger partial charge < -0.3 is 20.4 Å². The van der Waals surface area contributed by atoms with Crippen LogP contribution in [-0.4, -0.2) is 54.0 Å². The van der Waals surface area contributed by atoms with E-state index in [0.717, 1.165) is 65.3 Å². The van der Waals surface area contributed by atoms with E-state index in [1.165, 1.54) is 6.08 Å². The Morgan fingerprint density at radius 2 is 1.86 bits per heavy atom. The highest BCUT2D eigenvalue weighted by Gasteiger charge is 2.18. The van der Waals surface area contributed by atoms with Gasteiger partial charge in [-0.05, 0) is 49.0 Å². The zero-order valence-electron chi connectivity index (χ0n) is 20.0. The van der Waals surface area contributed by atoms with Crippen LogP contribution in [0.25, 0.3) is 22.0 Å². The van der Waals surface area contributed by atoms with E-state index in [9.17, 15) is 4.79 Å². The van der Waals surface area contributed by atoms with Gasteiger partial charge in [0.15, 0.2) is 0 Å². The van der Waals surface area contributed by atoms with Crippen LogP contribution >= 0.6 is 11.6 Å². The van der Waals surface area contributed by atoms with E-state index in [-0.39, 0.29) is 5.91 Å². The highest BCUT2D eigenvalue weighted by molar-refractivity contribution is 6.30. The Bertz CT molecular complexity index is 1430. The number of nitrogens with one attached hydrogen (secondary N) is 2. The summed E-state index contributed by atoms with van der Waals surface area (Å²) < 4.78 is 0. The van der Waals surface area contributed by atoms with Gasteiger partial charge in [-0.2, -0.15) is 0 Å². The fourth-order valence-electron chi connectivity index (χ4n) is 4.35. The SMILES string of the molecule is C=CC(=O)Nc1cc(Nc2ncc3cccc(-c4cccc(Cl)c4)c3n2)ccc1N1CCN(C)CC1. The third-order valence-electron chi connectivity index (χ3n) is 6.29. The molecule has 1 aliphatic heterocycles. The van der Waals surface area contributed by atoms with Gasteiger partial charge in [0.2, 0.25) is 11.9 Å². The van der Waals surface area contributed by atoms with Crippen molar-refractivity contribution in [1.82, 2.24) is 14.9 Å². The number of hydrogen-bond acceptors (Lipinski definition) is 6. The number of para-hydroxylation sites is 1. The van der Waals surface area contributed by atoms with Gasteiger partial charge in [-0.15, -0.1) is 0 Å². The molecular weight excluding hydrogens is 472 g/mol. The first kappa shape index (κ1) is 23.8. The Hall–Kier alpha value is -3.94. The molecule has 3 aromatic carbocycles. The van der Waals surface area contributed by atoms with Crippen LogP contribution in [0.15, 0.2) is 79.5 Å². The smallest absolute Gasteiger partial charge is 0.247 e. The monoisotopic (exact) mass is 498 g/mol. The molecule has 0 spiro atoms. The second-order valence-electron chi connectivity index (χ2n) is 8.79. The Balaban J connectivity index is 1.48. The van der Waals surface area contributed by atoms with Gasteiger partial charge in [-0.3, -0.25) is 4.79 Å². The van der Waals surface area contributed by atoms with Crippen LogP contribution in [0.3, 0.4) is 0 Å². The summed E-state index contributed by atoms with van der Waals surface area (Å²) in [5.41, 5.74) is 5.26. The lowest BCUT2D eigenvalue weighted by atomic mass is 10.0. The Labute approximate surface area is 215 Å². The van der Waals surface area contributed by atoms with Crippen molar-refractivity contribution in [3.63, 3.8) is 0 Å². The predicted octanol–water partition coefficient (Wildman–Crippen LogP) is 5.57. The number of likely N-dealkylation sites (N-methyl/N-ethyl adjacent to an activating group) is 1. The number of carbonyl (C=O) groups is 1. The molecule has 0 bridgehead atoms. The van der Waals surface area contributed by atoms with Crippen LogP contribution in [0.1, 0.15) is 0 Å². The van der Waals surface area contributed by atoms with Gasteiger partial charge in [0.1, 0.15) is 0 Å². The lowest BCUT2D eigenvalue weighted by Gasteiger charge is -2.35. The van der Waals surface area contributed by atoms with Crippen LogP contribution in [0, 0.1) is 0 Å². The molecule has 1 amide bonds. The van der Waals surface area contributed by atoms with E-state index in [0.29, 0.717) is 11.0 Å².